The summed E-state index contributed by atoms with van der Waals surface area (Å²) in [4.78, 5) is 0. The third-order valence-electron chi connectivity index (χ3n) is 3.49. The van der Waals surface area contributed by atoms with Crippen LogP contribution in [0, 0.1) is 0 Å². The van der Waals surface area contributed by atoms with Gasteiger partial charge in [0.1, 0.15) is 0 Å². The fourth-order valence-electron chi connectivity index (χ4n) is 2.34. The molecule has 1 aromatic carbocycles. The second-order valence-corrected chi connectivity index (χ2v) is 6.05. The largest absolute Gasteiger partial charge is 0.317 e. The van der Waals surface area contributed by atoms with Crippen molar-refractivity contribution in [2.45, 2.75) is 37.5 Å². The van der Waals surface area contributed by atoms with E-state index < -0.39 is 0 Å². The molecular weight excluding hydrogens is 234 g/mol. The van der Waals surface area contributed by atoms with Gasteiger partial charge in [0.15, 0.2) is 0 Å². The van der Waals surface area contributed by atoms with Crippen LogP contribution in [-0.4, -0.2) is 13.1 Å². The summed E-state index contributed by atoms with van der Waals surface area (Å²) in [5.74, 6) is 0. The van der Waals surface area contributed by atoms with Crippen LogP contribution >= 0.6 is 22.5 Å². The Morgan fingerprint density at radius 3 is 2.94 bits per heavy atom. The Bertz CT molecular complexity index is 365. The average Bonchev–Trinajstić information content (AvgIpc) is 2.36. The maximum absolute atomic E-state index is 4.29. The molecule has 16 heavy (non-hydrogen) atoms. The first-order chi connectivity index (χ1) is 7.74. The molecule has 0 saturated heterocycles. The lowest BCUT2D eigenvalue weighted by Crippen LogP contribution is -2.31. The van der Waals surface area contributed by atoms with Gasteiger partial charge in [0.2, 0.25) is 0 Å². The summed E-state index contributed by atoms with van der Waals surface area (Å²) in [6.07, 6.45) is 3.65. The van der Waals surface area contributed by atoms with Crippen molar-refractivity contribution in [2.24, 2.45) is 0 Å². The standard InChI is InChI=1S/C13H19NS2/c1-9(16-15)11-4-3-10-5-6-13(14-2)8-12(10)7-11/h3-4,7,9,13-15H,5-6,8H2,1-2H3. The van der Waals surface area contributed by atoms with Gasteiger partial charge in [0.25, 0.3) is 0 Å². The molecule has 3 heteroatoms. The number of thiol groups is 1. The van der Waals surface area contributed by atoms with Crippen molar-refractivity contribution in [3.05, 3.63) is 34.9 Å². The lowest BCUT2D eigenvalue weighted by atomic mass is 9.87. The summed E-state index contributed by atoms with van der Waals surface area (Å²) in [6, 6.07) is 7.58. The Morgan fingerprint density at radius 2 is 2.25 bits per heavy atom. The van der Waals surface area contributed by atoms with E-state index in [9.17, 15) is 0 Å². The number of benzene rings is 1. The van der Waals surface area contributed by atoms with E-state index in [0.29, 0.717) is 11.3 Å². The molecule has 1 aliphatic carbocycles. The summed E-state index contributed by atoms with van der Waals surface area (Å²) in [7, 11) is 3.68. The number of hydrogen-bond acceptors (Lipinski definition) is 3. The zero-order chi connectivity index (χ0) is 11.5. The van der Waals surface area contributed by atoms with Gasteiger partial charge in [-0.1, -0.05) is 29.0 Å². The molecule has 0 bridgehead atoms. The predicted molar refractivity (Wildman–Crippen MR) is 76.3 cm³/mol. The van der Waals surface area contributed by atoms with E-state index in [1.54, 1.807) is 10.8 Å². The first kappa shape index (κ1) is 12.3. The molecule has 1 N–H and O–H groups in total. The van der Waals surface area contributed by atoms with Crippen LogP contribution in [-0.2, 0) is 12.8 Å². The second kappa shape index (κ2) is 5.48. The molecule has 0 saturated carbocycles. The lowest BCUT2D eigenvalue weighted by molar-refractivity contribution is 0.496. The fourth-order valence-corrected chi connectivity index (χ4v) is 2.97. The molecule has 0 aromatic heterocycles. The highest BCUT2D eigenvalue weighted by Crippen LogP contribution is 2.33. The van der Waals surface area contributed by atoms with Gasteiger partial charge in [0.05, 0.1) is 0 Å². The minimum atomic E-state index is 0.476. The van der Waals surface area contributed by atoms with Gasteiger partial charge in [0, 0.05) is 11.3 Å². The number of rotatable bonds is 3. The lowest BCUT2D eigenvalue weighted by Gasteiger charge is -2.25. The smallest absolute Gasteiger partial charge is 0.0370 e. The Kier molecular flexibility index (Phi) is 4.22. The molecule has 1 aliphatic rings. The summed E-state index contributed by atoms with van der Waals surface area (Å²) >= 11 is 4.29. The van der Waals surface area contributed by atoms with E-state index in [1.807, 2.05) is 0 Å². The van der Waals surface area contributed by atoms with Crippen LogP contribution in [0.3, 0.4) is 0 Å². The van der Waals surface area contributed by atoms with Gasteiger partial charge in [-0.3, -0.25) is 0 Å². The van der Waals surface area contributed by atoms with Gasteiger partial charge in [-0.05, 0) is 49.9 Å². The minimum Gasteiger partial charge on any atom is -0.317 e. The maximum atomic E-state index is 4.29. The molecule has 0 amide bonds. The molecule has 0 radical (unpaired) electrons. The molecule has 2 atom stereocenters. The van der Waals surface area contributed by atoms with Crippen LogP contribution in [0.1, 0.15) is 35.3 Å². The Morgan fingerprint density at radius 1 is 1.44 bits per heavy atom. The van der Waals surface area contributed by atoms with E-state index in [-0.39, 0.29) is 0 Å². The van der Waals surface area contributed by atoms with E-state index >= 15 is 0 Å². The van der Waals surface area contributed by atoms with Gasteiger partial charge in [-0.25, -0.2) is 0 Å². The molecule has 1 aromatic rings. The quantitative estimate of drug-likeness (QED) is 0.632. The number of fused-ring (bicyclic) bond motifs is 1. The SMILES string of the molecule is CNC1CCc2ccc(C(C)SS)cc2C1. The summed E-state index contributed by atoms with van der Waals surface area (Å²) in [5.41, 5.74) is 4.46. The van der Waals surface area contributed by atoms with E-state index in [1.165, 1.54) is 36.0 Å². The van der Waals surface area contributed by atoms with Crippen molar-refractivity contribution in [3.63, 3.8) is 0 Å². The van der Waals surface area contributed by atoms with Crippen molar-refractivity contribution >= 4 is 22.5 Å². The fraction of sp³-hybridized carbons (Fsp3) is 0.538. The third-order valence-corrected chi connectivity index (χ3v) is 5.03. The van der Waals surface area contributed by atoms with Gasteiger partial charge < -0.3 is 5.32 Å². The zero-order valence-corrected chi connectivity index (χ0v) is 11.6. The first-order valence-corrected chi connectivity index (χ1v) is 7.77. The molecule has 0 fully saturated rings. The second-order valence-electron chi connectivity index (χ2n) is 4.50. The first-order valence-electron chi connectivity index (χ1n) is 5.83. The Hall–Kier alpha value is -0.120. The highest BCUT2D eigenvalue weighted by Gasteiger charge is 2.18. The van der Waals surface area contributed by atoms with Crippen LogP contribution in [0.15, 0.2) is 18.2 Å². The van der Waals surface area contributed by atoms with Crippen molar-refractivity contribution in [1.29, 1.82) is 0 Å². The molecule has 2 unspecified atom stereocenters. The predicted octanol–water partition coefficient (Wildman–Crippen LogP) is 3.40. The molecule has 0 spiro atoms. The molecular formula is C13H19NS2. The van der Waals surface area contributed by atoms with Crippen LogP contribution in [0.2, 0.25) is 0 Å². The highest BCUT2D eigenvalue weighted by molar-refractivity contribution is 8.68. The molecule has 0 heterocycles. The van der Waals surface area contributed by atoms with Crippen molar-refractivity contribution < 1.29 is 0 Å². The zero-order valence-electron chi connectivity index (χ0n) is 9.86. The number of hydrogen-bond donors (Lipinski definition) is 2. The molecule has 1 nitrogen and oxygen atoms in total. The summed E-state index contributed by atoms with van der Waals surface area (Å²) < 4.78 is 0. The van der Waals surface area contributed by atoms with Gasteiger partial charge in [-0.15, -0.1) is 11.7 Å². The third kappa shape index (κ3) is 2.58. The molecule has 0 aliphatic heterocycles. The van der Waals surface area contributed by atoms with Crippen LogP contribution in [0.5, 0.6) is 0 Å². The van der Waals surface area contributed by atoms with E-state index in [0.717, 1.165) is 0 Å². The van der Waals surface area contributed by atoms with Crippen LogP contribution in [0.25, 0.3) is 0 Å². The minimum absolute atomic E-state index is 0.476. The van der Waals surface area contributed by atoms with Gasteiger partial charge >= 0.3 is 0 Å². The summed E-state index contributed by atoms with van der Waals surface area (Å²) in [6.45, 7) is 2.21. The van der Waals surface area contributed by atoms with E-state index in [4.69, 9.17) is 0 Å². The number of aryl methyl sites for hydroxylation is 1. The normalized spacial score (nSPS) is 21.6. The number of likely N-dealkylation sites (N-methyl/N-ethyl adjacent to an activating group) is 1. The molecule has 2 rings (SSSR count). The Labute approximate surface area is 107 Å². The monoisotopic (exact) mass is 253 g/mol. The Balaban J connectivity index is 2.23. The molecule has 88 valence electrons. The van der Waals surface area contributed by atoms with Crippen LogP contribution < -0.4 is 5.32 Å². The maximum Gasteiger partial charge on any atom is 0.0370 e. The van der Waals surface area contributed by atoms with E-state index in [2.05, 4.69) is 49.1 Å². The summed E-state index contributed by atoms with van der Waals surface area (Å²) in [5, 5.41) is 3.86. The topological polar surface area (TPSA) is 12.0 Å². The van der Waals surface area contributed by atoms with Gasteiger partial charge in [-0.2, -0.15) is 0 Å². The number of nitrogens with one attached hydrogen (secondary N) is 1. The van der Waals surface area contributed by atoms with Crippen molar-refractivity contribution in [3.8, 4) is 0 Å². The highest BCUT2D eigenvalue weighted by atomic mass is 33.1. The van der Waals surface area contributed by atoms with Crippen molar-refractivity contribution in [2.75, 3.05) is 7.05 Å². The van der Waals surface area contributed by atoms with Crippen molar-refractivity contribution in [1.82, 2.24) is 5.32 Å². The average molecular weight is 253 g/mol. The van der Waals surface area contributed by atoms with Crippen LogP contribution in [0.4, 0.5) is 0 Å².